The zero-order valence-electron chi connectivity index (χ0n) is 46.8. The summed E-state index contributed by atoms with van der Waals surface area (Å²) >= 11 is 0. The summed E-state index contributed by atoms with van der Waals surface area (Å²) < 4.78 is 0. The van der Waals surface area contributed by atoms with Gasteiger partial charge in [-0.25, -0.2) is 4.98 Å². The van der Waals surface area contributed by atoms with Gasteiger partial charge in [0.1, 0.15) is 42.8 Å². The molecule has 0 spiro atoms. The van der Waals surface area contributed by atoms with Crippen molar-refractivity contribution in [2.45, 2.75) is 140 Å². The van der Waals surface area contributed by atoms with Crippen LogP contribution in [0.2, 0.25) is 0 Å². The second-order valence-electron chi connectivity index (χ2n) is 20.3. The summed E-state index contributed by atoms with van der Waals surface area (Å²) in [5, 5.41) is 50.2. The minimum Gasteiger partial charge on any atom is -0.480 e. The van der Waals surface area contributed by atoms with E-state index in [0.29, 0.717) is 36.9 Å². The van der Waals surface area contributed by atoms with Gasteiger partial charge in [-0.3, -0.25) is 52.9 Å². The summed E-state index contributed by atoms with van der Waals surface area (Å²) in [5.41, 5.74) is 23.5. The number of guanidine groups is 1. The number of benzene rings is 2. The van der Waals surface area contributed by atoms with E-state index in [-0.39, 0.29) is 50.9 Å². The van der Waals surface area contributed by atoms with E-state index in [1.54, 1.807) is 32.0 Å². The highest BCUT2D eigenvalue weighted by Crippen LogP contribution is 2.28. The van der Waals surface area contributed by atoms with Crippen LogP contribution < -0.4 is 60.2 Å². The number of amides is 9. The summed E-state index contributed by atoms with van der Waals surface area (Å²) in [4.78, 5) is 148. The number of carbonyl (C=O) groups is 10. The number of carboxylic acids is 1. The van der Waals surface area contributed by atoms with E-state index in [9.17, 15) is 63.3 Å². The number of carboxylic acid groups (broad SMARTS) is 1. The number of aliphatic hydroxyl groups excluding tert-OH is 2. The molecule has 19 N–H and O–H groups in total. The number of rotatable bonds is 34. The lowest BCUT2D eigenvalue weighted by atomic mass is 9.97. The molecular weight excluding hydrogens is 1070 g/mol. The Morgan fingerprint density at radius 3 is 1.99 bits per heavy atom. The third kappa shape index (κ3) is 20.7. The molecule has 1 heterocycles. The van der Waals surface area contributed by atoms with Gasteiger partial charge >= 0.3 is 5.97 Å². The predicted molar refractivity (Wildman–Crippen MR) is 299 cm³/mol. The van der Waals surface area contributed by atoms with Crippen LogP contribution in [-0.2, 0) is 60.8 Å². The van der Waals surface area contributed by atoms with Gasteiger partial charge < -0.3 is 90.3 Å². The molecule has 9 amide bonds. The first-order chi connectivity index (χ1) is 38.8. The summed E-state index contributed by atoms with van der Waals surface area (Å²) in [6.45, 7) is 5.19. The normalized spacial score (nSPS) is 15.7. The van der Waals surface area contributed by atoms with Crippen molar-refractivity contribution < 1.29 is 63.3 Å². The van der Waals surface area contributed by atoms with Crippen LogP contribution in [0.25, 0.3) is 10.8 Å². The lowest BCUT2D eigenvalue weighted by Gasteiger charge is -2.31. The molecule has 1 unspecified atom stereocenters. The highest BCUT2D eigenvalue weighted by atomic mass is 16.4. The fourth-order valence-electron chi connectivity index (χ4n) is 8.64. The molecule has 1 aliphatic rings. The molecule has 0 bridgehead atoms. The predicted octanol–water partition coefficient (Wildman–Crippen LogP) is -4.56. The van der Waals surface area contributed by atoms with Crippen molar-refractivity contribution in [1.82, 2.24) is 57.0 Å². The Morgan fingerprint density at radius 1 is 0.756 bits per heavy atom. The average molecular weight is 1150 g/mol. The van der Waals surface area contributed by atoms with E-state index < -0.39 is 139 Å². The van der Waals surface area contributed by atoms with Crippen molar-refractivity contribution in [1.29, 1.82) is 0 Å². The number of aliphatic hydroxyl groups is 2. The van der Waals surface area contributed by atoms with Crippen molar-refractivity contribution in [3.8, 4) is 0 Å². The van der Waals surface area contributed by atoms with E-state index in [1.165, 1.54) is 24.3 Å². The standard InChI is InChI=1S/C53H80N16O13/c1-6-28(2)43(52(82)69(26-42(74)75)35-16-17-35)65-40(72)25-68(20-18-54)41(73)24-60-50(80)44(30(4)70)67-51(81)45(31(5)71)66-49(79)39(22-34-23-58-27-61-34)64-48(78)38(21-33-13-9-12-32-11-7-8-14-36(32)33)63-46(76)29(3)62-47(77)37(55)15-10-19-59-53(56)57/h7-9,11-14,23,27-31,35,37-39,43-45,70-71H,6,10,15-22,24-26,54-55H2,1-5H3,(H,58,61)(H,60,80)(H,62,77)(H,63,76)(H,64,78)(H,65,72)(H,66,79)(H,67,81)(H,74,75)(H4,56,57,59)/t28?,29-,30+,31+,37-,38-,39-,43-,44-,45-/m0/s1. The fraction of sp³-hybridized carbons (Fsp3) is 0.547. The first-order valence-corrected chi connectivity index (χ1v) is 27.0. The largest absolute Gasteiger partial charge is 0.480 e. The lowest BCUT2D eigenvalue weighted by Crippen LogP contribution is -2.62. The molecule has 29 heteroatoms. The Hall–Kier alpha value is -8.28. The van der Waals surface area contributed by atoms with E-state index in [2.05, 4.69) is 52.2 Å². The molecule has 10 atom stereocenters. The number of aliphatic imine (C=N–C) groups is 1. The van der Waals surface area contributed by atoms with Crippen molar-refractivity contribution >= 4 is 75.9 Å². The average Bonchev–Trinajstić information content (AvgIpc) is 4.28. The number of nitrogens with zero attached hydrogens (tertiary/aromatic N) is 4. The number of aromatic amines is 1. The number of fused-ring (bicyclic) bond motifs is 1. The van der Waals surface area contributed by atoms with E-state index in [1.807, 2.05) is 24.3 Å². The summed E-state index contributed by atoms with van der Waals surface area (Å²) in [5.74, 6) is -9.53. The van der Waals surface area contributed by atoms with Gasteiger partial charge in [-0.05, 0) is 68.7 Å². The van der Waals surface area contributed by atoms with Gasteiger partial charge in [-0.1, -0.05) is 62.7 Å². The maximum Gasteiger partial charge on any atom is 0.323 e. The number of imidazole rings is 1. The van der Waals surface area contributed by atoms with Gasteiger partial charge in [-0.2, -0.15) is 0 Å². The molecule has 1 saturated carbocycles. The van der Waals surface area contributed by atoms with Crippen LogP contribution in [0.1, 0.15) is 78.0 Å². The Bertz CT molecular complexity index is 2710. The van der Waals surface area contributed by atoms with Crippen LogP contribution in [0.5, 0.6) is 0 Å². The zero-order chi connectivity index (χ0) is 60.8. The minimum atomic E-state index is -1.84. The molecule has 1 aliphatic carbocycles. The van der Waals surface area contributed by atoms with Gasteiger partial charge in [0.15, 0.2) is 5.96 Å². The molecule has 29 nitrogen and oxygen atoms in total. The molecule has 2 aromatic carbocycles. The first kappa shape index (κ1) is 66.2. The molecule has 82 heavy (non-hydrogen) atoms. The van der Waals surface area contributed by atoms with E-state index in [4.69, 9.17) is 22.9 Å². The van der Waals surface area contributed by atoms with Gasteiger partial charge in [0.25, 0.3) is 0 Å². The number of carbonyl (C=O) groups excluding carboxylic acids is 9. The van der Waals surface area contributed by atoms with Gasteiger partial charge in [0.2, 0.25) is 53.2 Å². The smallest absolute Gasteiger partial charge is 0.323 e. The first-order valence-electron chi connectivity index (χ1n) is 27.0. The van der Waals surface area contributed by atoms with Crippen molar-refractivity contribution in [2.24, 2.45) is 33.8 Å². The van der Waals surface area contributed by atoms with Crippen LogP contribution >= 0.6 is 0 Å². The lowest BCUT2D eigenvalue weighted by molar-refractivity contribution is -0.147. The minimum absolute atomic E-state index is 0.117. The maximum atomic E-state index is 14.5. The summed E-state index contributed by atoms with van der Waals surface area (Å²) in [7, 11) is 0. The number of nitrogens with two attached hydrogens (primary N) is 4. The topological polar surface area (TPSA) is 467 Å². The third-order valence-electron chi connectivity index (χ3n) is 13.6. The Kier molecular flexibility index (Phi) is 26.0. The monoisotopic (exact) mass is 1150 g/mol. The highest BCUT2D eigenvalue weighted by molar-refractivity contribution is 5.98. The molecule has 4 rings (SSSR count). The molecule has 0 radical (unpaired) electrons. The quantitative estimate of drug-likeness (QED) is 0.0152. The Morgan fingerprint density at radius 2 is 1.38 bits per heavy atom. The number of hydrogen-bond donors (Lipinski definition) is 15. The molecule has 3 aromatic rings. The SMILES string of the molecule is CCC(C)[C@H](NC(=O)CN(CCN)C(=O)CNC(=O)[C@@H](NC(=O)[C@@H](NC(=O)[C@H](Cc1cnc[nH]1)NC(=O)[C@H](Cc1cccc2ccccc12)NC(=O)[C@H](C)NC(=O)[C@@H](N)CCCN=C(N)N)[C@@H](C)O)[C@@H](C)O)C(=O)N(CC(=O)O)C1CC1. The summed E-state index contributed by atoms with van der Waals surface area (Å²) in [6.07, 6.45) is 1.22. The Labute approximate surface area is 474 Å². The van der Waals surface area contributed by atoms with E-state index >= 15 is 0 Å². The van der Waals surface area contributed by atoms with Crippen LogP contribution in [0.3, 0.4) is 0 Å². The van der Waals surface area contributed by atoms with Crippen molar-refractivity contribution in [2.75, 3.05) is 39.3 Å². The zero-order valence-corrected chi connectivity index (χ0v) is 46.8. The second-order valence-corrected chi connectivity index (χ2v) is 20.3. The van der Waals surface area contributed by atoms with Crippen LogP contribution in [0, 0.1) is 5.92 Å². The third-order valence-corrected chi connectivity index (χ3v) is 13.6. The maximum absolute atomic E-state index is 14.5. The molecule has 450 valence electrons. The number of aromatic nitrogens is 2. The van der Waals surface area contributed by atoms with Crippen molar-refractivity contribution in [3.05, 3.63) is 66.2 Å². The molecule has 0 saturated heterocycles. The number of H-pyrrole nitrogens is 1. The summed E-state index contributed by atoms with van der Waals surface area (Å²) in [6, 6.07) is 2.48. The molecule has 0 aliphatic heterocycles. The van der Waals surface area contributed by atoms with Crippen molar-refractivity contribution in [3.63, 3.8) is 0 Å². The molecular formula is C53H80N16O13. The number of nitrogens with one attached hydrogen (secondary N) is 8. The van der Waals surface area contributed by atoms with Crippen LogP contribution in [-0.4, -0.2) is 200 Å². The van der Waals surface area contributed by atoms with Gasteiger partial charge in [0.05, 0.1) is 37.7 Å². The second kappa shape index (κ2) is 32.2. The van der Waals surface area contributed by atoms with E-state index in [0.717, 1.165) is 29.5 Å². The van der Waals surface area contributed by atoms with Crippen LogP contribution in [0.4, 0.5) is 0 Å². The van der Waals surface area contributed by atoms with Crippen LogP contribution in [0.15, 0.2) is 60.0 Å². The van der Waals surface area contributed by atoms with Gasteiger partial charge in [0, 0.05) is 50.4 Å². The Balaban J connectivity index is 1.49. The number of aliphatic carboxylic acids is 1. The highest BCUT2D eigenvalue weighted by Gasteiger charge is 2.40. The number of hydrogen-bond acceptors (Lipinski definition) is 16. The molecule has 1 fully saturated rings. The fourth-order valence-corrected chi connectivity index (χ4v) is 8.64. The molecule has 1 aromatic heterocycles. The van der Waals surface area contributed by atoms with Gasteiger partial charge in [-0.15, -0.1) is 0 Å².